The molecule has 0 aliphatic carbocycles. The highest BCUT2D eigenvalue weighted by atomic mass is 35.5. The first-order valence-electron chi connectivity index (χ1n) is 13.2. The number of aromatic nitrogens is 4. The fourth-order valence-corrected chi connectivity index (χ4v) is 7.01. The number of thiophene rings is 1. The van der Waals surface area contributed by atoms with Gasteiger partial charge in [-0.3, -0.25) is 18.9 Å². The molecule has 42 heavy (non-hydrogen) atoms. The fourth-order valence-electron chi connectivity index (χ4n) is 5.66. The molecule has 4 aromatic heterocycles. The van der Waals surface area contributed by atoms with Crippen molar-refractivity contribution in [3.63, 3.8) is 0 Å². The van der Waals surface area contributed by atoms with Gasteiger partial charge in [-0.25, -0.2) is 13.6 Å². The maximum Gasteiger partial charge on any atom is 0.331 e. The van der Waals surface area contributed by atoms with Crippen LogP contribution in [0.2, 0.25) is 5.02 Å². The van der Waals surface area contributed by atoms with Gasteiger partial charge in [0.1, 0.15) is 0 Å². The molecular formula is C29H24ClF3N6O2S. The Morgan fingerprint density at radius 3 is 2.67 bits per heavy atom. The smallest absolute Gasteiger partial charge is 0.331 e. The van der Waals surface area contributed by atoms with Gasteiger partial charge in [0.25, 0.3) is 12.0 Å². The number of nitrogens with one attached hydrogen (secondary N) is 1. The highest BCUT2D eigenvalue weighted by Gasteiger charge is 2.33. The number of piperidine rings is 1. The van der Waals surface area contributed by atoms with Crippen molar-refractivity contribution in [1.82, 2.24) is 24.0 Å². The monoisotopic (exact) mass is 612 g/mol. The Bertz CT molecular complexity index is 1980. The van der Waals surface area contributed by atoms with Gasteiger partial charge in [0.15, 0.2) is 0 Å². The second-order valence-electron chi connectivity index (χ2n) is 10.5. The fraction of sp³-hybridized carbons (Fsp3) is 0.310. The average molecular weight is 613 g/mol. The highest BCUT2D eigenvalue weighted by molar-refractivity contribution is 7.19. The second kappa shape index (κ2) is 11.1. The van der Waals surface area contributed by atoms with Crippen LogP contribution in [0.3, 0.4) is 0 Å². The van der Waals surface area contributed by atoms with Crippen LogP contribution in [0.15, 0.2) is 58.5 Å². The minimum atomic E-state index is -2.89. The quantitative estimate of drug-likeness (QED) is 0.271. The molecule has 5 aromatic rings. The zero-order valence-electron chi connectivity index (χ0n) is 22.1. The molecule has 5 heterocycles. The Morgan fingerprint density at radius 1 is 1.14 bits per heavy atom. The van der Waals surface area contributed by atoms with Gasteiger partial charge in [-0.2, -0.15) is 9.65 Å². The molecule has 8 nitrogen and oxygen atoms in total. The average Bonchev–Trinajstić information content (AvgIpc) is 3.57. The molecule has 0 bridgehead atoms. The van der Waals surface area contributed by atoms with Gasteiger partial charge >= 0.3 is 5.69 Å². The molecular weight excluding hydrogens is 589 g/mol. The molecule has 6 rings (SSSR count). The summed E-state index contributed by atoms with van der Waals surface area (Å²) < 4.78 is 44.1. The van der Waals surface area contributed by atoms with E-state index < -0.39 is 35.5 Å². The molecule has 0 radical (unpaired) electrons. The van der Waals surface area contributed by atoms with Crippen LogP contribution in [-0.4, -0.2) is 38.2 Å². The Morgan fingerprint density at radius 2 is 1.93 bits per heavy atom. The van der Waals surface area contributed by atoms with E-state index in [9.17, 15) is 28.0 Å². The minimum Gasteiger partial charge on any atom is -0.345 e. The standard InChI is InChI=1S/C29H24ClF3N6O2S/c30-18-9-17-2-8-37(16-29(15-34)3-6-35-7-4-29)25(17)21(10-18)20-1-5-36-23-11-19(42-26(20)23)12-39-27(40)22(31)13-38(28(39)41)14-24(32)33/h1-2,5,8-11,13,24,35H,3-4,6-7,12,14,16H2. The van der Waals surface area contributed by atoms with Gasteiger partial charge in [-0.05, 0) is 56.3 Å². The van der Waals surface area contributed by atoms with Crippen molar-refractivity contribution in [2.75, 3.05) is 13.1 Å². The lowest BCUT2D eigenvalue weighted by Crippen LogP contribution is -2.42. The first-order valence-corrected chi connectivity index (χ1v) is 14.4. The number of halogens is 4. The van der Waals surface area contributed by atoms with E-state index in [1.807, 2.05) is 30.5 Å². The lowest BCUT2D eigenvalue weighted by molar-refractivity contribution is 0.123. The summed E-state index contributed by atoms with van der Waals surface area (Å²) in [6.45, 7) is 0.730. The number of alkyl halides is 2. The summed E-state index contributed by atoms with van der Waals surface area (Å²) in [7, 11) is 0. The predicted molar refractivity (Wildman–Crippen MR) is 156 cm³/mol. The Labute approximate surface area is 246 Å². The molecule has 0 spiro atoms. The Hall–Kier alpha value is -3.92. The van der Waals surface area contributed by atoms with Gasteiger partial charge < -0.3 is 9.88 Å². The summed E-state index contributed by atoms with van der Waals surface area (Å²) in [5.41, 5.74) is 0.414. The van der Waals surface area contributed by atoms with Gasteiger partial charge in [-0.15, -0.1) is 11.3 Å². The van der Waals surface area contributed by atoms with Gasteiger partial charge in [-0.1, -0.05) is 11.6 Å². The third-order valence-corrected chi connectivity index (χ3v) is 9.05. The molecule has 216 valence electrons. The van der Waals surface area contributed by atoms with Crippen molar-refractivity contribution < 1.29 is 13.2 Å². The second-order valence-corrected chi connectivity index (χ2v) is 12.0. The van der Waals surface area contributed by atoms with E-state index in [0.717, 1.165) is 52.7 Å². The number of nitriles is 1. The van der Waals surface area contributed by atoms with Crippen LogP contribution in [-0.2, 0) is 19.6 Å². The highest BCUT2D eigenvalue weighted by Crippen LogP contribution is 2.40. The Balaban J connectivity index is 1.45. The zero-order chi connectivity index (χ0) is 29.6. The number of hydrogen-bond donors (Lipinski definition) is 1. The molecule has 1 fully saturated rings. The Kier molecular flexibility index (Phi) is 7.43. The third-order valence-electron chi connectivity index (χ3n) is 7.69. The minimum absolute atomic E-state index is 0.306. The van der Waals surface area contributed by atoms with Crippen LogP contribution >= 0.6 is 22.9 Å². The molecule has 1 N–H and O–H groups in total. The summed E-state index contributed by atoms with van der Waals surface area (Å²) in [6, 6.07) is 11.8. The molecule has 1 aromatic carbocycles. The topological polar surface area (TPSA) is 97.6 Å². The number of fused-ring (bicyclic) bond motifs is 2. The number of pyridine rings is 1. The van der Waals surface area contributed by atoms with Crippen molar-refractivity contribution in [1.29, 1.82) is 5.26 Å². The maximum absolute atomic E-state index is 14.3. The number of rotatable bonds is 7. The van der Waals surface area contributed by atoms with Crippen molar-refractivity contribution in [3.05, 3.63) is 85.5 Å². The molecule has 1 aliphatic heterocycles. The van der Waals surface area contributed by atoms with E-state index in [-0.39, 0.29) is 6.54 Å². The maximum atomic E-state index is 14.3. The SMILES string of the molecule is N#CC1(Cn2ccc3cc(Cl)cc(-c4ccnc5cc(Cn6c(=O)c(F)cn(CC(F)F)c6=O)sc45)c32)CCNCC1. The first-order chi connectivity index (χ1) is 20.2. The van der Waals surface area contributed by atoms with Crippen molar-refractivity contribution >= 4 is 44.1 Å². The number of benzene rings is 1. The normalized spacial score (nSPS) is 15.0. The van der Waals surface area contributed by atoms with Crippen LogP contribution in [0, 0.1) is 22.6 Å². The van der Waals surface area contributed by atoms with Crippen LogP contribution in [0.1, 0.15) is 17.7 Å². The van der Waals surface area contributed by atoms with Crippen molar-refractivity contribution in [2.24, 2.45) is 5.41 Å². The molecule has 0 unspecified atom stereocenters. The summed E-state index contributed by atoms with van der Waals surface area (Å²) in [5.74, 6) is -1.29. The summed E-state index contributed by atoms with van der Waals surface area (Å²) in [5, 5.41) is 14.9. The lowest BCUT2D eigenvalue weighted by Gasteiger charge is -2.32. The lowest BCUT2D eigenvalue weighted by atomic mass is 9.80. The predicted octanol–water partition coefficient (Wildman–Crippen LogP) is 5.24. The van der Waals surface area contributed by atoms with Crippen LogP contribution in [0.25, 0.3) is 32.2 Å². The van der Waals surface area contributed by atoms with E-state index >= 15 is 0 Å². The molecule has 1 saturated heterocycles. The molecule has 0 atom stereocenters. The molecule has 0 saturated carbocycles. The van der Waals surface area contributed by atoms with E-state index in [1.165, 1.54) is 11.3 Å². The number of hydrogen-bond acceptors (Lipinski definition) is 6. The molecule has 13 heteroatoms. The zero-order valence-corrected chi connectivity index (χ0v) is 23.7. The molecule has 0 amide bonds. The largest absolute Gasteiger partial charge is 0.345 e. The van der Waals surface area contributed by atoms with Gasteiger partial charge in [0.2, 0.25) is 5.82 Å². The van der Waals surface area contributed by atoms with Crippen molar-refractivity contribution in [2.45, 2.75) is 38.9 Å². The van der Waals surface area contributed by atoms with Gasteiger partial charge in [0, 0.05) is 45.4 Å². The van der Waals surface area contributed by atoms with Crippen LogP contribution < -0.4 is 16.6 Å². The molecule has 1 aliphatic rings. The van der Waals surface area contributed by atoms with Gasteiger partial charge in [0.05, 0.1) is 46.5 Å². The van der Waals surface area contributed by atoms with E-state index in [0.29, 0.717) is 37.3 Å². The van der Waals surface area contributed by atoms with Crippen LogP contribution in [0.4, 0.5) is 13.2 Å². The van der Waals surface area contributed by atoms with E-state index in [1.54, 1.807) is 12.3 Å². The third kappa shape index (κ3) is 5.12. The first kappa shape index (κ1) is 28.2. The van der Waals surface area contributed by atoms with E-state index in [4.69, 9.17) is 11.6 Å². The number of nitrogens with zero attached hydrogens (tertiary/aromatic N) is 5. The van der Waals surface area contributed by atoms with Crippen LogP contribution in [0.5, 0.6) is 0 Å². The van der Waals surface area contributed by atoms with E-state index in [2.05, 4.69) is 20.9 Å². The summed E-state index contributed by atoms with van der Waals surface area (Å²) in [6.07, 6.45) is 2.69. The summed E-state index contributed by atoms with van der Waals surface area (Å²) in [4.78, 5) is 30.2. The van der Waals surface area contributed by atoms with Crippen molar-refractivity contribution in [3.8, 4) is 17.2 Å². The summed E-state index contributed by atoms with van der Waals surface area (Å²) >= 11 is 7.81.